The summed E-state index contributed by atoms with van der Waals surface area (Å²) >= 11 is 0. The zero-order valence-electron chi connectivity index (χ0n) is 10.2. The van der Waals surface area contributed by atoms with Crippen LogP contribution < -0.4 is 0 Å². The summed E-state index contributed by atoms with van der Waals surface area (Å²) < 4.78 is 5.31. The van der Waals surface area contributed by atoms with Crippen molar-refractivity contribution in [3.8, 4) is 0 Å². The molecule has 1 heterocycles. The highest BCUT2D eigenvalue weighted by Crippen LogP contribution is 2.17. The normalized spacial score (nSPS) is 10.4. The molecule has 0 aliphatic heterocycles. The highest BCUT2D eigenvalue weighted by Gasteiger charge is 2.06. The third-order valence-electron chi connectivity index (χ3n) is 1.83. The van der Waals surface area contributed by atoms with Gasteiger partial charge in [-0.1, -0.05) is 26.5 Å². The monoisotopic (exact) mass is 222 g/mol. The van der Waals surface area contributed by atoms with Gasteiger partial charge in [0.15, 0.2) is 0 Å². The molecule has 0 aliphatic carbocycles. The number of carbonyl (C=O) groups is 1. The highest BCUT2D eigenvalue weighted by atomic mass is 16.4. The number of hydrogen-bond acceptors (Lipinski definition) is 2. The van der Waals surface area contributed by atoms with Crippen LogP contribution in [0.25, 0.3) is 6.08 Å². The Labute approximate surface area is 96.1 Å². The van der Waals surface area contributed by atoms with Crippen LogP contribution in [0, 0.1) is 13.8 Å². The largest absolute Gasteiger partial charge is 0.478 e. The second-order valence-corrected chi connectivity index (χ2v) is 3.01. The SMILES string of the molecule is C=C/C(=C\c1oc(C)cc1C)C(=O)O.CC. The Morgan fingerprint density at radius 1 is 1.44 bits per heavy atom. The van der Waals surface area contributed by atoms with Gasteiger partial charge in [-0.25, -0.2) is 4.79 Å². The summed E-state index contributed by atoms with van der Waals surface area (Å²) in [5, 5.41) is 8.75. The predicted octanol–water partition coefficient (Wildman–Crippen LogP) is 3.58. The average Bonchev–Trinajstić information content (AvgIpc) is 2.56. The maximum Gasteiger partial charge on any atom is 0.335 e. The minimum atomic E-state index is -1.01. The molecule has 3 heteroatoms. The number of hydrogen-bond donors (Lipinski definition) is 1. The fourth-order valence-electron chi connectivity index (χ4n) is 1.15. The van der Waals surface area contributed by atoms with Gasteiger partial charge in [0.1, 0.15) is 11.5 Å². The van der Waals surface area contributed by atoms with Crippen molar-refractivity contribution in [1.82, 2.24) is 0 Å². The van der Waals surface area contributed by atoms with Gasteiger partial charge >= 0.3 is 5.97 Å². The quantitative estimate of drug-likeness (QED) is 0.628. The van der Waals surface area contributed by atoms with Crippen LogP contribution in [0.15, 0.2) is 28.7 Å². The van der Waals surface area contributed by atoms with Gasteiger partial charge in [0.05, 0.1) is 5.57 Å². The Kier molecular flexibility index (Phi) is 5.93. The van der Waals surface area contributed by atoms with E-state index in [1.54, 1.807) is 0 Å². The summed E-state index contributed by atoms with van der Waals surface area (Å²) in [5.41, 5.74) is 1.05. The first kappa shape index (κ1) is 14.2. The first-order valence-corrected chi connectivity index (χ1v) is 5.19. The third-order valence-corrected chi connectivity index (χ3v) is 1.83. The van der Waals surface area contributed by atoms with Crippen molar-refractivity contribution < 1.29 is 14.3 Å². The number of rotatable bonds is 3. The summed E-state index contributed by atoms with van der Waals surface area (Å²) in [5.74, 6) is 0.329. The van der Waals surface area contributed by atoms with Crippen LogP contribution in [0.1, 0.15) is 30.9 Å². The van der Waals surface area contributed by atoms with Crippen LogP contribution in [-0.4, -0.2) is 11.1 Å². The summed E-state index contributed by atoms with van der Waals surface area (Å²) in [6.45, 7) is 11.1. The van der Waals surface area contributed by atoms with Crippen LogP contribution in [0.4, 0.5) is 0 Å². The van der Waals surface area contributed by atoms with Gasteiger partial charge in [-0.2, -0.15) is 0 Å². The Morgan fingerprint density at radius 2 is 2.00 bits per heavy atom. The van der Waals surface area contributed by atoms with Gasteiger partial charge in [-0.15, -0.1) is 0 Å². The number of carboxylic acid groups (broad SMARTS) is 1. The van der Waals surface area contributed by atoms with E-state index in [1.165, 1.54) is 12.2 Å². The second-order valence-electron chi connectivity index (χ2n) is 3.01. The molecular weight excluding hydrogens is 204 g/mol. The van der Waals surface area contributed by atoms with E-state index in [1.807, 2.05) is 33.8 Å². The summed E-state index contributed by atoms with van der Waals surface area (Å²) in [7, 11) is 0. The van der Waals surface area contributed by atoms with Crippen LogP contribution in [0.3, 0.4) is 0 Å². The van der Waals surface area contributed by atoms with E-state index in [0.29, 0.717) is 5.76 Å². The molecule has 0 radical (unpaired) electrons. The van der Waals surface area contributed by atoms with Crippen LogP contribution in [0.5, 0.6) is 0 Å². The Balaban J connectivity index is 0.00000106. The fourth-order valence-corrected chi connectivity index (χ4v) is 1.15. The zero-order chi connectivity index (χ0) is 12.7. The Hall–Kier alpha value is -1.77. The minimum Gasteiger partial charge on any atom is -0.478 e. The van der Waals surface area contributed by atoms with Crippen LogP contribution in [-0.2, 0) is 4.79 Å². The molecule has 1 aromatic rings. The molecule has 1 rings (SSSR count). The van der Waals surface area contributed by atoms with Crippen LogP contribution in [0.2, 0.25) is 0 Å². The van der Waals surface area contributed by atoms with E-state index in [0.717, 1.165) is 11.3 Å². The number of carboxylic acids is 1. The van der Waals surface area contributed by atoms with Gasteiger partial charge in [-0.3, -0.25) is 0 Å². The fraction of sp³-hybridized carbons (Fsp3) is 0.308. The minimum absolute atomic E-state index is 0.127. The predicted molar refractivity (Wildman–Crippen MR) is 65.3 cm³/mol. The van der Waals surface area contributed by atoms with Gasteiger partial charge < -0.3 is 9.52 Å². The molecule has 0 fully saturated rings. The average molecular weight is 222 g/mol. The highest BCUT2D eigenvalue weighted by molar-refractivity contribution is 5.94. The van der Waals surface area contributed by atoms with E-state index in [-0.39, 0.29) is 5.57 Å². The van der Waals surface area contributed by atoms with Crippen molar-refractivity contribution in [3.05, 3.63) is 41.4 Å². The van der Waals surface area contributed by atoms with Crippen molar-refractivity contribution in [2.45, 2.75) is 27.7 Å². The number of aliphatic carboxylic acids is 1. The standard InChI is InChI=1S/C11H12O3.C2H6/c1-4-9(11(12)13)6-10-7(2)5-8(3)14-10;1-2/h4-6H,1H2,2-3H3,(H,12,13);1-2H3/b9-6+;. The van der Waals surface area contributed by atoms with E-state index in [2.05, 4.69) is 6.58 Å². The summed E-state index contributed by atoms with van der Waals surface area (Å²) in [6, 6.07) is 1.86. The molecule has 1 aromatic heterocycles. The summed E-state index contributed by atoms with van der Waals surface area (Å²) in [6.07, 6.45) is 2.76. The number of furan rings is 1. The number of aryl methyl sites for hydroxylation is 2. The lowest BCUT2D eigenvalue weighted by molar-refractivity contribution is -0.132. The molecule has 88 valence electrons. The molecule has 0 aliphatic rings. The first-order valence-electron chi connectivity index (χ1n) is 5.19. The second kappa shape index (κ2) is 6.67. The van der Waals surface area contributed by atoms with Crippen molar-refractivity contribution in [2.24, 2.45) is 0 Å². The van der Waals surface area contributed by atoms with Crippen molar-refractivity contribution in [1.29, 1.82) is 0 Å². The molecule has 0 saturated heterocycles. The molecular formula is C13H18O3. The first-order chi connectivity index (χ1) is 7.54. The van der Waals surface area contributed by atoms with Crippen LogP contribution >= 0.6 is 0 Å². The van der Waals surface area contributed by atoms with Crippen molar-refractivity contribution in [3.63, 3.8) is 0 Å². The maximum absolute atomic E-state index is 10.7. The van der Waals surface area contributed by atoms with Gasteiger partial charge in [-0.05, 0) is 31.6 Å². The molecule has 0 amide bonds. The molecule has 0 aromatic carbocycles. The Morgan fingerprint density at radius 3 is 2.31 bits per heavy atom. The lowest BCUT2D eigenvalue weighted by Gasteiger charge is -1.93. The van der Waals surface area contributed by atoms with Gasteiger partial charge in [0, 0.05) is 0 Å². The van der Waals surface area contributed by atoms with E-state index in [4.69, 9.17) is 9.52 Å². The molecule has 3 nitrogen and oxygen atoms in total. The van der Waals surface area contributed by atoms with E-state index >= 15 is 0 Å². The van der Waals surface area contributed by atoms with Gasteiger partial charge in [0.25, 0.3) is 0 Å². The molecule has 0 spiro atoms. The lowest BCUT2D eigenvalue weighted by atomic mass is 10.2. The van der Waals surface area contributed by atoms with Gasteiger partial charge in [0.2, 0.25) is 0 Å². The molecule has 0 bridgehead atoms. The van der Waals surface area contributed by atoms with E-state index in [9.17, 15) is 4.79 Å². The smallest absolute Gasteiger partial charge is 0.335 e. The van der Waals surface area contributed by atoms with Crippen molar-refractivity contribution >= 4 is 12.0 Å². The molecule has 0 saturated carbocycles. The molecule has 16 heavy (non-hydrogen) atoms. The zero-order valence-corrected chi connectivity index (χ0v) is 10.2. The molecule has 0 atom stereocenters. The Bertz CT molecular complexity index is 397. The third kappa shape index (κ3) is 3.77. The van der Waals surface area contributed by atoms with E-state index < -0.39 is 5.97 Å². The van der Waals surface area contributed by atoms with Crippen molar-refractivity contribution in [2.75, 3.05) is 0 Å². The lowest BCUT2D eigenvalue weighted by Crippen LogP contribution is -1.96. The molecule has 1 N–H and O–H groups in total. The molecule has 0 unspecified atom stereocenters. The summed E-state index contributed by atoms with van der Waals surface area (Å²) in [4.78, 5) is 10.7. The topological polar surface area (TPSA) is 50.4 Å². The maximum atomic E-state index is 10.7.